The Labute approximate surface area is 137 Å². The highest BCUT2D eigenvalue weighted by Crippen LogP contribution is 2.42. The summed E-state index contributed by atoms with van der Waals surface area (Å²) in [6.07, 6.45) is 3.35. The van der Waals surface area contributed by atoms with Gasteiger partial charge in [-0.3, -0.25) is 14.6 Å². The van der Waals surface area contributed by atoms with Gasteiger partial charge in [-0.15, -0.1) is 11.3 Å². The number of hydrogen-bond donors (Lipinski definition) is 1. The second-order valence-electron chi connectivity index (χ2n) is 5.33. The molecule has 0 unspecified atom stereocenters. The molecule has 0 bridgehead atoms. The highest BCUT2D eigenvalue weighted by atomic mass is 32.1. The smallest absolute Gasteiger partial charge is 0.171 e. The lowest BCUT2D eigenvalue weighted by atomic mass is 9.94. The molecule has 0 spiro atoms. The van der Waals surface area contributed by atoms with Crippen LogP contribution in [0.2, 0.25) is 0 Å². The predicted molar refractivity (Wildman–Crippen MR) is 92.0 cm³/mol. The largest absolute Gasteiger partial charge is 0.397 e. The number of nitrogen functional groups attached to an aromatic ring is 1. The average Bonchev–Trinajstić information content (AvgIpc) is 2.83. The minimum atomic E-state index is -0.107. The van der Waals surface area contributed by atoms with Crippen molar-refractivity contribution in [2.45, 2.75) is 20.8 Å². The van der Waals surface area contributed by atoms with E-state index in [1.807, 2.05) is 6.07 Å². The van der Waals surface area contributed by atoms with Crippen molar-refractivity contribution in [2.24, 2.45) is 0 Å². The fourth-order valence-corrected chi connectivity index (χ4v) is 3.80. The molecule has 3 aromatic rings. The molecule has 6 heteroatoms. The lowest BCUT2D eigenvalue weighted by molar-refractivity contribution is 0.101. The molecule has 0 atom stereocenters. The van der Waals surface area contributed by atoms with Crippen molar-refractivity contribution < 1.29 is 9.59 Å². The van der Waals surface area contributed by atoms with Gasteiger partial charge in [-0.25, -0.2) is 4.98 Å². The van der Waals surface area contributed by atoms with Crippen LogP contribution in [-0.2, 0) is 0 Å². The van der Waals surface area contributed by atoms with Gasteiger partial charge in [0.2, 0.25) is 0 Å². The second kappa shape index (κ2) is 5.55. The van der Waals surface area contributed by atoms with Crippen LogP contribution in [0.15, 0.2) is 24.5 Å². The van der Waals surface area contributed by atoms with E-state index in [0.717, 1.165) is 5.56 Å². The van der Waals surface area contributed by atoms with Gasteiger partial charge in [-0.1, -0.05) is 6.07 Å². The van der Waals surface area contributed by atoms with Crippen molar-refractivity contribution in [3.63, 3.8) is 0 Å². The van der Waals surface area contributed by atoms with Gasteiger partial charge in [0.25, 0.3) is 0 Å². The number of carbonyl (C=O) groups excluding carboxylic acids is 2. The number of Topliss-reactive ketones (excluding diaryl/α,β-unsaturated/α-hetero) is 2. The van der Waals surface area contributed by atoms with E-state index < -0.39 is 0 Å². The van der Waals surface area contributed by atoms with E-state index in [0.29, 0.717) is 37.6 Å². The summed E-state index contributed by atoms with van der Waals surface area (Å²) in [7, 11) is 0. The maximum Gasteiger partial charge on any atom is 0.171 e. The Morgan fingerprint density at radius 3 is 2.52 bits per heavy atom. The summed E-state index contributed by atoms with van der Waals surface area (Å²) in [6, 6.07) is 3.67. The van der Waals surface area contributed by atoms with Gasteiger partial charge >= 0.3 is 0 Å². The first kappa shape index (κ1) is 15.3. The molecular formula is C17H15N3O2S. The molecule has 0 aliphatic carbocycles. The number of aryl methyl sites for hydroxylation is 1. The quantitative estimate of drug-likeness (QED) is 0.743. The molecule has 0 fully saturated rings. The monoisotopic (exact) mass is 325 g/mol. The van der Waals surface area contributed by atoms with Crippen molar-refractivity contribution in [3.8, 4) is 11.1 Å². The standard InChI is InChI=1S/C17H15N3O2S/c1-8-12(9(2)21)13(11-5-4-6-19-7-11)14-15(18)16(10(3)22)23-17(14)20-8/h4-7H,18H2,1-3H3. The van der Waals surface area contributed by atoms with Crippen LogP contribution in [0.25, 0.3) is 21.3 Å². The molecule has 0 aliphatic heterocycles. The average molecular weight is 325 g/mol. The van der Waals surface area contributed by atoms with Gasteiger partial charge in [0.1, 0.15) is 4.83 Å². The maximum atomic E-state index is 12.2. The van der Waals surface area contributed by atoms with Crippen molar-refractivity contribution in [1.29, 1.82) is 0 Å². The van der Waals surface area contributed by atoms with E-state index >= 15 is 0 Å². The summed E-state index contributed by atoms with van der Waals surface area (Å²) in [4.78, 5) is 33.8. The number of anilines is 1. The maximum absolute atomic E-state index is 12.2. The van der Waals surface area contributed by atoms with Crippen LogP contribution in [0.1, 0.15) is 39.6 Å². The molecule has 116 valence electrons. The number of fused-ring (bicyclic) bond motifs is 1. The zero-order valence-electron chi connectivity index (χ0n) is 13.0. The SMILES string of the molecule is CC(=O)c1sc2nc(C)c(C(C)=O)c(-c3cccnc3)c2c1N. The summed E-state index contributed by atoms with van der Waals surface area (Å²) >= 11 is 1.26. The number of ketones is 2. The van der Waals surface area contributed by atoms with Crippen LogP contribution < -0.4 is 5.73 Å². The Balaban J connectivity index is 2.53. The topological polar surface area (TPSA) is 85.9 Å². The number of hydrogen-bond acceptors (Lipinski definition) is 6. The first-order valence-corrected chi connectivity index (χ1v) is 7.88. The fourth-order valence-electron chi connectivity index (χ4n) is 2.76. The first-order valence-electron chi connectivity index (χ1n) is 7.06. The number of aromatic nitrogens is 2. The summed E-state index contributed by atoms with van der Waals surface area (Å²) in [5, 5.41) is 0.656. The van der Waals surface area contributed by atoms with Gasteiger partial charge in [0.15, 0.2) is 11.6 Å². The van der Waals surface area contributed by atoms with E-state index in [9.17, 15) is 9.59 Å². The van der Waals surface area contributed by atoms with E-state index in [2.05, 4.69) is 9.97 Å². The Morgan fingerprint density at radius 1 is 1.22 bits per heavy atom. The van der Waals surface area contributed by atoms with Gasteiger partial charge in [-0.05, 0) is 19.9 Å². The second-order valence-corrected chi connectivity index (χ2v) is 6.33. The molecule has 0 saturated heterocycles. The number of nitrogens with zero attached hydrogens (tertiary/aromatic N) is 2. The Morgan fingerprint density at radius 2 is 1.96 bits per heavy atom. The summed E-state index contributed by atoms with van der Waals surface area (Å²) in [5.41, 5.74) is 9.23. The Kier molecular flexibility index (Phi) is 3.69. The third kappa shape index (κ3) is 2.41. The van der Waals surface area contributed by atoms with Crippen LogP contribution in [0.5, 0.6) is 0 Å². The molecule has 3 heterocycles. The van der Waals surface area contributed by atoms with Crippen LogP contribution in [0, 0.1) is 6.92 Å². The number of pyridine rings is 2. The molecule has 3 rings (SSSR count). The number of thiophene rings is 1. The normalized spacial score (nSPS) is 10.9. The van der Waals surface area contributed by atoms with E-state index in [1.165, 1.54) is 25.2 Å². The Bertz CT molecular complexity index is 946. The highest BCUT2D eigenvalue weighted by molar-refractivity contribution is 7.21. The molecule has 0 aromatic carbocycles. The van der Waals surface area contributed by atoms with Crippen LogP contribution in [0.4, 0.5) is 5.69 Å². The van der Waals surface area contributed by atoms with Gasteiger partial charge in [0, 0.05) is 41.4 Å². The molecule has 0 amide bonds. The number of nitrogens with two attached hydrogens (primary N) is 1. The van der Waals surface area contributed by atoms with Gasteiger partial charge < -0.3 is 5.73 Å². The number of carbonyl (C=O) groups is 2. The summed E-state index contributed by atoms with van der Waals surface area (Å²) in [6.45, 7) is 4.77. The molecular weight excluding hydrogens is 310 g/mol. The Hall–Kier alpha value is -2.60. The van der Waals surface area contributed by atoms with Crippen molar-refractivity contribution in [3.05, 3.63) is 40.7 Å². The van der Waals surface area contributed by atoms with E-state index in [1.54, 1.807) is 25.4 Å². The first-order chi connectivity index (χ1) is 10.9. The predicted octanol–water partition coefficient (Wildman–Crippen LogP) is 3.65. The van der Waals surface area contributed by atoms with E-state index in [-0.39, 0.29) is 11.6 Å². The molecule has 3 aromatic heterocycles. The van der Waals surface area contributed by atoms with Crippen LogP contribution >= 0.6 is 11.3 Å². The molecule has 23 heavy (non-hydrogen) atoms. The third-order valence-electron chi connectivity index (χ3n) is 3.68. The van der Waals surface area contributed by atoms with Crippen LogP contribution in [0.3, 0.4) is 0 Å². The fraction of sp³-hybridized carbons (Fsp3) is 0.176. The minimum absolute atomic E-state index is 0.0919. The molecule has 2 N–H and O–H groups in total. The molecule has 0 radical (unpaired) electrons. The molecule has 5 nitrogen and oxygen atoms in total. The summed E-state index contributed by atoms with van der Waals surface area (Å²) < 4.78 is 0. The van der Waals surface area contributed by atoms with Crippen molar-refractivity contribution >= 4 is 38.8 Å². The van der Waals surface area contributed by atoms with Gasteiger partial charge in [0.05, 0.1) is 16.3 Å². The van der Waals surface area contributed by atoms with Crippen LogP contribution in [-0.4, -0.2) is 21.5 Å². The van der Waals surface area contributed by atoms with Gasteiger partial charge in [-0.2, -0.15) is 0 Å². The lowest BCUT2D eigenvalue weighted by Crippen LogP contribution is -2.04. The minimum Gasteiger partial charge on any atom is -0.397 e. The molecule has 0 aliphatic rings. The van der Waals surface area contributed by atoms with Crippen molar-refractivity contribution in [2.75, 3.05) is 5.73 Å². The van der Waals surface area contributed by atoms with E-state index in [4.69, 9.17) is 5.73 Å². The zero-order chi connectivity index (χ0) is 16.7. The number of rotatable bonds is 3. The van der Waals surface area contributed by atoms with Crippen molar-refractivity contribution in [1.82, 2.24) is 9.97 Å². The summed E-state index contributed by atoms with van der Waals surface area (Å²) in [5.74, 6) is -0.199. The lowest BCUT2D eigenvalue weighted by Gasteiger charge is -2.12. The third-order valence-corrected chi connectivity index (χ3v) is 4.88. The molecule has 0 saturated carbocycles. The highest BCUT2D eigenvalue weighted by Gasteiger charge is 2.24. The zero-order valence-corrected chi connectivity index (χ0v) is 13.8.